The molecule has 0 nitrogen and oxygen atoms in total. The van der Waals surface area contributed by atoms with Crippen molar-refractivity contribution in [2.24, 2.45) is 44.8 Å². The summed E-state index contributed by atoms with van der Waals surface area (Å²) in [5, 5.41) is 0. The second-order valence-corrected chi connectivity index (χ2v) is 14.8. The molecule has 0 heterocycles. The Kier molecular flexibility index (Phi) is 4.77. The summed E-state index contributed by atoms with van der Waals surface area (Å²) >= 11 is 0. The minimum atomic E-state index is 0.505. The minimum Gasteiger partial charge on any atom is -0.0699 e. The Labute approximate surface area is 188 Å². The molecule has 170 valence electrons. The van der Waals surface area contributed by atoms with E-state index >= 15 is 0 Å². The van der Waals surface area contributed by atoms with Crippen LogP contribution in [0.2, 0.25) is 0 Å². The molecule has 0 aliphatic heterocycles. The Morgan fingerprint density at radius 2 is 1.23 bits per heavy atom. The Morgan fingerprint density at radius 3 is 1.97 bits per heavy atom. The molecule has 0 aromatic rings. The molecule has 5 aliphatic carbocycles. The largest absolute Gasteiger partial charge is 0.0699 e. The van der Waals surface area contributed by atoms with Gasteiger partial charge in [0.1, 0.15) is 0 Å². The van der Waals surface area contributed by atoms with Crippen molar-refractivity contribution < 1.29 is 0 Å². The highest BCUT2D eigenvalue weighted by molar-refractivity contribution is 5.31. The van der Waals surface area contributed by atoms with Crippen molar-refractivity contribution in [1.82, 2.24) is 0 Å². The van der Waals surface area contributed by atoms with E-state index in [4.69, 9.17) is 0 Å². The van der Waals surface area contributed by atoms with Crippen LogP contribution in [0.25, 0.3) is 0 Å². The van der Waals surface area contributed by atoms with E-state index in [1.54, 1.807) is 0 Å². The second-order valence-electron chi connectivity index (χ2n) is 14.8. The fourth-order valence-corrected chi connectivity index (χ4v) is 11.1. The van der Waals surface area contributed by atoms with Gasteiger partial charge in [-0.25, -0.2) is 0 Å². The molecule has 0 saturated heterocycles. The zero-order valence-corrected chi connectivity index (χ0v) is 21.4. The number of allylic oxidation sites excluding steroid dienone is 2. The topological polar surface area (TPSA) is 0 Å². The van der Waals surface area contributed by atoms with Crippen LogP contribution in [0.4, 0.5) is 0 Å². The molecule has 0 unspecified atom stereocenters. The van der Waals surface area contributed by atoms with Crippen molar-refractivity contribution in [2.75, 3.05) is 0 Å². The smallest absolute Gasteiger partial charge is 0.00803 e. The molecule has 0 heteroatoms. The van der Waals surface area contributed by atoms with E-state index in [0.717, 1.165) is 17.8 Å². The van der Waals surface area contributed by atoms with Gasteiger partial charge in [-0.15, -0.1) is 0 Å². The van der Waals surface area contributed by atoms with Crippen LogP contribution in [0.1, 0.15) is 132 Å². The maximum Gasteiger partial charge on any atom is -0.00803 e. The number of hydrogen-bond donors (Lipinski definition) is 0. The molecule has 3 fully saturated rings. The molecular formula is C30H50. The summed E-state index contributed by atoms with van der Waals surface area (Å²) in [5.41, 5.74) is 6.67. The van der Waals surface area contributed by atoms with Gasteiger partial charge in [-0.1, -0.05) is 72.5 Å². The Hall–Kier alpha value is -0.260. The standard InChI is InChI=1S/C30H50/c1-26(2)15-8-17-29(6)22-11-13-25-28(5,20-21(22)10-12-23(26)29)19-14-24-27(3,4)16-9-18-30(24,25)7/h23-25H,8-20H2,1-7H3/t23-,24-,25-,28-,29+,30-/m0/s1. The van der Waals surface area contributed by atoms with E-state index in [-0.39, 0.29) is 0 Å². The van der Waals surface area contributed by atoms with E-state index in [9.17, 15) is 0 Å². The third-order valence-corrected chi connectivity index (χ3v) is 12.3. The van der Waals surface area contributed by atoms with Gasteiger partial charge in [0.05, 0.1) is 0 Å². The predicted octanol–water partition coefficient (Wildman–Crippen LogP) is 9.34. The van der Waals surface area contributed by atoms with E-state index in [0.29, 0.717) is 27.1 Å². The molecule has 0 radical (unpaired) electrons. The van der Waals surface area contributed by atoms with Crippen molar-refractivity contribution in [3.63, 3.8) is 0 Å². The van der Waals surface area contributed by atoms with Crippen molar-refractivity contribution in [3.8, 4) is 0 Å². The second kappa shape index (κ2) is 6.63. The molecular weight excluding hydrogens is 360 g/mol. The number of rotatable bonds is 0. The maximum atomic E-state index is 2.75. The summed E-state index contributed by atoms with van der Waals surface area (Å²) in [4.78, 5) is 0. The number of hydrogen-bond acceptors (Lipinski definition) is 0. The van der Waals surface area contributed by atoms with Gasteiger partial charge in [-0.2, -0.15) is 0 Å². The summed E-state index contributed by atoms with van der Waals surface area (Å²) in [6.45, 7) is 18.6. The van der Waals surface area contributed by atoms with Crippen LogP contribution >= 0.6 is 0 Å². The molecule has 0 amide bonds. The van der Waals surface area contributed by atoms with Crippen molar-refractivity contribution in [3.05, 3.63) is 11.1 Å². The molecule has 5 aliphatic rings. The minimum absolute atomic E-state index is 0.505. The van der Waals surface area contributed by atoms with Crippen LogP contribution < -0.4 is 0 Å². The summed E-state index contributed by atoms with van der Waals surface area (Å²) < 4.78 is 0. The maximum absolute atomic E-state index is 2.75. The summed E-state index contributed by atoms with van der Waals surface area (Å²) in [6.07, 6.45) is 19.0. The Balaban J connectivity index is 1.51. The van der Waals surface area contributed by atoms with Gasteiger partial charge in [0.25, 0.3) is 0 Å². The van der Waals surface area contributed by atoms with Crippen molar-refractivity contribution in [2.45, 2.75) is 132 Å². The first-order valence-electron chi connectivity index (χ1n) is 13.6. The van der Waals surface area contributed by atoms with Crippen LogP contribution in [0.15, 0.2) is 11.1 Å². The molecule has 0 aromatic heterocycles. The molecule has 3 saturated carbocycles. The van der Waals surface area contributed by atoms with Crippen LogP contribution in [-0.4, -0.2) is 0 Å². The molecule has 6 atom stereocenters. The lowest BCUT2D eigenvalue weighted by Crippen LogP contribution is -2.54. The van der Waals surface area contributed by atoms with Gasteiger partial charge in [0.2, 0.25) is 0 Å². The number of fused-ring (bicyclic) bond motifs is 5. The average Bonchev–Trinajstić information content (AvgIpc) is 2.77. The zero-order valence-electron chi connectivity index (χ0n) is 21.4. The van der Waals surface area contributed by atoms with Gasteiger partial charge in [0, 0.05) is 0 Å². The lowest BCUT2D eigenvalue weighted by atomic mass is 9.42. The molecule has 0 aromatic carbocycles. The van der Waals surface area contributed by atoms with Crippen LogP contribution in [0.5, 0.6) is 0 Å². The fourth-order valence-electron chi connectivity index (χ4n) is 11.1. The highest BCUT2D eigenvalue weighted by Gasteiger charge is 2.60. The van der Waals surface area contributed by atoms with Crippen LogP contribution in [-0.2, 0) is 0 Å². The first kappa shape index (κ1) is 21.6. The highest BCUT2D eigenvalue weighted by Crippen LogP contribution is 2.69. The zero-order chi connectivity index (χ0) is 21.6. The van der Waals surface area contributed by atoms with Crippen molar-refractivity contribution in [1.29, 1.82) is 0 Å². The quantitative estimate of drug-likeness (QED) is 0.349. The third kappa shape index (κ3) is 2.90. The highest BCUT2D eigenvalue weighted by atomic mass is 14.6. The molecule has 5 rings (SSSR count). The third-order valence-electron chi connectivity index (χ3n) is 12.3. The first-order chi connectivity index (χ1) is 13.9. The Bertz CT molecular complexity index is 737. The summed E-state index contributed by atoms with van der Waals surface area (Å²) in [5.74, 6) is 2.80. The van der Waals surface area contributed by atoms with Gasteiger partial charge >= 0.3 is 0 Å². The normalized spacial score (nSPS) is 49.9. The van der Waals surface area contributed by atoms with E-state index in [1.165, 1.54) is 83.5 Å². The first-order valence-corrected chi connectivity index (χ1v) is 13.6. The lowest BCUT2D eigenvalue weighted by molar-refractivity contribution is -0.130. The fraction of sp³-hybridized carbons (Fsp3) is 0.933. The van der Waals surface area contributed by atoms with Gasteiger partial charge in [-0.05, 0) is 115 Å². The Morgan fingerprint density at radius 1 is 0.600 bits per heavy atom. The van der Waals surface area contributed by atoms with Gasteiger partial charge in [-0.3, -0.25) is 0 Å². The molecule has 0 N–H and O–H groups in total. The summed E-state index contributed by atoms with van der Waals surface area (Å²) in [7, 11) is 0. The van der Waals surface area contributed by atoms with E-state index < -0.39 is 0 Å². The lowest BCUT2D eigenvalue weighted by Gasteiger charge is -2.62. The summed E-state index contributed by atoms with van der Waals surface area (Å²) in [6, 6.07) is 0. The monoisotopic (exact) mass is 410 g/mol. The van der Waals surface area contributed by atoms with Gasteiger partial charge in [0.15, 0.2) is 0 Å². The SMILES string of the molecule is CC1(C)CCC[C@@]2(C)[C@H]1CC[C@@]1(C)CC3=C(CC[C@@H]12)[C@@]1(C)CCCC(C)(C)[C@@H]1CC3. The van der Waals surface area contributed by atoms with Crippen LogP contribution in [0.3, 0.4) is 0 Å². The average molecular weight is 411 g/mol. The predicted molar refractivity (Wildman–Crippen MR) is 129 cm³/mol. The molecule has 0 bridgehead atoms. The van der Waals surface area contributed by atoms with Crippen molar-refractivity contribution >= 4 is 0 Å². The van der Waals surface area contributed by atoms with E-state index in [2.05, 4.69) is 48.5 Å². The van der Waals surface area contributed by atoms with E-state index in [1.807, 2.05) is 11.1 Å². The van der Waals surface area contributed by atoms with Gasteiger partial charge < -0.3 is 0 Å². The molecule has 0 spiro atoms. The van der Waals surface area contributed by atoms with Crippen LogP contribution in [0, 0.1) is 44.8 Å². The molecule has 30 heavy (non-hydrogen) atoms.